The normalized spacial score (nSPS) is 19.9. The molecular weight excluding hydrogens is 496 g/mol. The summed E-state index contributed by atoms with van der Waals surface area (Å²) in [6.45, 7) is 0.0529. The van der Waals surface area contributed by atoms with E-state index in [0.29, 0.717) is 21.2 Å². The second kappa shape index (κ2) is 9.54. The quantitative estimate of drug-likeness (QED) is 0.145. The lowest BCUT2D eigenvalue weighted by Crippen LogP contribution is -2.70. The summed E-state index contributed by atoms with van der Waals surface area (Å²) in [6, 6.07) is -0.885. The molecule has 14 nitrogen and oxygen atoms in total. The van der Waals surface area contributed by atoms with Gasteiger partial charge in [0.15, 0.2) is 0 Å². The highest BCUT2D eigenvalue weighted by Gasteiger charge is 2.54. The maximum absolute atomic E-state index is 12.7. The monoisotopic (exact) mass is 514 g/mol. The van der Waals surface area contributed by atoms with Crippen LogP contribution in [0.2, 0.25) is 0 Å². The van der Waals surface area contributed by atoms with Gasteiger partial charge in [0.2, 0.25) is 15.9 Å². The van der Waals surface area contributed by atoms with Gasteiger partial charge >= 0.3 is 5.97 Å². The van der Waals surface area contributed by atoms with Gasteiger partial charge in [0, 0.05) is 16.9 Å². The van der Waals surface area contributed by atoms with Crippen molar-refractivity contribution in [3.8, 4) is 0 Å². The van der Waals surface area contributed by atoms with Crippen molar-refractivity contribution in [2.45, 2.75) is 29.5 Å². The van der Waals surface area contributed by atoms with Crippen molar-refractivity contribution in [1.82, 2.24) is 35.2 Å². The zero-order valence-electron chi connectivity index (χ0n) is 16.7. The molecule has 33 heavy (non-hydrogen) atoms. The molecule has 0 radical (unpaired) electrons. The molecule has 0 spiro atoms. The van der Waals surface area contributed by atoms with E-state index in [1.165, 1.54) is 38.5 Å². The summed E-state index contributed by atoms with van der Waals surface area (Å²) in [5, 5.41) is 51.1. The van der Waals surface area contributed by atoms with Crippen molar-refractivity contribution in [2.24, 2.45) is 0 Å². The lowest BCUT2D eigenvalue weighted by atomic mass is 10.0. The van der Waals surface area contributed by atoms with Crippen molar-refractivity contribution in [2.75, 3.05) is 18.1 Å². The van der Waals surface area contributed by atoms with Crippen LogP contribution < -0.4 is 10.1 Å². The molecule has 2 aliphatic rings. The molecule has 176 valence electrons. The molecule has 1 saturated heterocycles. The summed E-state index contributed by atoms with van der Waals surface area (Å²) in [5.74, 6) is -1.73. The zero-order chi connectivity index (χ0) is 23.7. The Labute approximate surface area is 197 Å². The summed E-state index contributed by atoms with van der Waals surface area (Å²) in [5.41, 5.74) is 0.622. The number of carbonyl (C=O) groups is 3. The van der Waals surface area contributed by atoms with E-state index in [9.17, 15) is 24.7 Å². The molecule has 17 heteroatoms. The van der Waals surface area contributed by atoms with Gasteiger partial charge in [0.1, 0.15) is 17.1 Å². The molecule has 2 amide bonds. The number of carbonyl (C=O) groups excluding carboxylic acids is 2. The first kappa shape index (κ1) is 23.3. The molecule has 2 aliphatic heterocycles. The number of thiazole rings is 1. The molecule has 0 bridgehead atoms. The second-order valence-electron chi connectivity index (χ2n) is 6.93. The highest BCUT2D eigenvalue weighted by molar-refractivity contribution is 8.01. The molecule has 5 N–H and O–H groups in total. The predicted molar refractivity (Wildman–Crippen MR) is 114 cm³/mol. The van der Waals surface area contributed by atoms with Gasteiger partial charge in [0.25, 0.3) is 5.91 Å². The van der Waals surface area contributed by atoms with Crippen molar-refractivity contribution in [3.63, 3.8) is 0 Å². The summed E-state index contributed by atoms with van der Waals surface area (Å²) in [7, 11) is 0. The third kappa shape index (κ3) is 4.48. The van der Waals surface area contributed by atoms with Crippen LogP contribution in [0.4, 0.5) is 0 Å². The van der Waals surface area contributed by atoms with Crippen LogP contribution in [0.3, 0.4) is 0 Å². The van der Waals surface area contributed by atoms with Crippen LogP contribution in [0, 0.1) is 5.41 Å². The van der Waals surface area contributed by atoms with E-state index in [2.05, 4.69) is 20.8 Å². The number of β-lactam (4-membered cyclic amide) rings is 1. The molecule has 2 aromatic heterocycles. The molecular formula is C16H18N8O6S3. The minimum absolute atomic E-state index is 0.118. The number of hydrogen-bond acceptors (Lipinski definition) is 12. The maximum atomic E-state index is 12.7. The van der Waals surface area contributed by atoms with Gasteiger partial charge in [-0.25, -0.2) is 9.48 Å². The molecule has 0 aliphatic carbocycles. The van der Waals surface area contributed by atoms with E-state index in [1.807, 2.05) is 0 Å². The number of aromatic nitrogens is 5. The topological polar surface area (TPSA) is 200 Å². The van der Waals surface area contributed by atoms with Gasteiger partial charge < -0.3 is 20.7 Å². The fourth-order valence-electron chi connectivity index (χ4n) is 3.34. The Balaban J connectivity index is 1.44. The summed E-state index contributed by atoms with van der Waals surface area (Å²) < 4.78 is 2.00. The van der Waals surface area contributed by atoms with Crippen molar-refractivity contribution >= 4 is 52.6 Å². The number of fused-ring (bicyclic) bond motifs is 1. The van der Waals surface area contributed by atoms with Crippen LogP contribution in [0.5, 0.6) is 0 Å². The van der Waals surface area contributed by atoms with E-state index in [1.54, 1.807) is 0 Å². The Bertz CT molecular complexity index is 1190. The van der Waals surface area contributed by atoms with Crippen LogP contribution in [-0.4, -0.2) is 92.6 Å². The molecule has 4 heterocycles. The summed E-state index contributed by atoms with van der Waals surface area (Å²) in [4.78, 5) is 38.1. The number of carboxylic acid groups (broad SMARTS) is 1. The molecule has 2 atom stereocenters. The average molecular weight is 515 g/mol. The Morgan fingerprint density at radius 3 is 2.85 bits per heavy atom. The number of hydrogen-bond donors (Lipinski definition) is 5. The van der Waals surface area contributed by atoms with E-state index < -0.39 is 29.2 Å². The predicted octanol–water partition coefficient (Wildman–Crippen LogP) is -1.68. The molecule has 2 aromatic rings. The fourth-order valence-corrected chi connectivity index (χ4v) is 6.38. The van der Waals surface area contributed by atoms with Crippen LogP contribution in [0.1, 0.15) is 5.69 Å². The first-order valence-corrected chi connectivity index (χ1v) is 12.4. The highest BCUT2D eigenvalue weighted by atomic mass is 32.2. The SMILES string of the molecule is N=c1scc(CC(=O)NC2C(=O)N3C(C(=O)O)=C(CSc4nnnn4CCO)CS[C@@H]23)n1O. The van der Waals surface area contributed by atoms with E-state index in [0.717, 1.165) is 11.3 Å². The van der Waals surface area contributed by atoms with Crippen LogP contribution >= 0.6 is 34.9 Å². The van der Waals surface area contributed by atoms with Crippen molar-refractivity contribution in [1.29, 1.82) is 5.41 Å². The van der Waals surface area contributed by atoms with E-state index in [4.69, 9.17) is 10.5 Å². The van der Waals surface area contributed by atoms with Crippen molar-refractivity contribution < 1.29 is 29.8 Å². The highest BCUT2D eigenvalue weighted by Crippen LogP contribution is 2.41. The fraction of sp³-hybridized carbons (Fsp3) is 0.438. The standard InChI is InChI=1S/C16H18N8O6S3/c17-15-24(30)8(6-32-15)3-9(26)18-10-12(27)23-11(14(28)29)7(4-31-13(10)23)5-33-16-19-20-21-22(16)1-2-25/h6,10,13,17,25,30H,1-5H2,(H,18,26)(H,28,29)/t10?,13-/m0/s1. The Morgan fingerprint density at radius 1 is 1.39 bits per heavy atom. The number of aliphatic hydroxyl groups excluding tert-OH is 1. The number of thioether (sulfide) groups is 2. The zero-order valence-corrected chi connectivity index (χ0v) is 19.2. The number of rotatable bonds is 9. The van der Waals surface area contributed by atoms with Crippen LogP contribution in [0.25, 0.3) is 0 Å². The number of aliphatic hydroxyl groups is 1. The van der Waals surface area contributed by atoms with Gasteiger partial charge in [-0.15, -0.1) is 28.2 Å². The smallest absolute Gasteiger partial charge is 0.352 e. The largest absolute Gasteiger partial charge is 0.477 e. The Morgan fingerprint density at radius 2 is 2.18 bits per heavy atom. The first-order valence-electron chi connectivity index (χ1n) is 9.44. The minimum Gasteiger partial charge on any atom is -0.477 e. The summed E-state index contributed by atoms with van der Waals surface area (Å²) >= 11 is 3.50. The average Bonchev–Trinajstić information content (AvgIpc) is 3.36. The Hall–Kier alpha value is -2.89. The first-order chi connectivity index (χ1) is 15.8. The lowest BCUT2D eigenvalue weighted by molar-refractivity contribution is -0.150. The number of tetrazole rings is 1. The van der Waals surface area contributed by atoms with Gasteiger partial charge in [-0.2, -0.15) is 4.73 Å². The third-order valence-corrected chi connectivity index (χ3v) is 8.03. The van der Waals surface area contributed by atoms with Gasteiger partial charge in [0.05, 0.1) is 25.3 Å². The molecule has 1 fully saturated rings. The number of nitrogens with zero attached hydrogens (tertiary/aromatic N) is 6. The number of amides is 2. The number of nitrogens with one attached hydrogen (secondary N) is 2. The summed E-state index contributed by atoms with van der Waals surface area (Å²) in [6.07, 6.45) is -0.223. The maximum Gasteiger partial charge on any atom is 0.352 e. The minimum atomic E-state index is -1.24. The van der Waals surface area contributed by atoms with Gasteiger partial charge in [-0.1, -0.05) is 11.8 Å². The third-order valence-electron chi connectivity index (χ3n) is 4.87. The molecule has 4 rings (SSSR count). The van der Waals surface area contributed by atoms with Crippen LogP contribution in [0.15, 0.2) is 21.8 Å². The molecule has 0 aromatic carbocycles. The van der Waals surface area contributed by atoms with Gasteiger partial charge in [-0.3, -0.25) is 19.9 Å². The Kier molecular flexibility index (Phi) is 6.73. The van der Waals surface area contributed by atoms with Crippen LogP contribution in [-0.2, 0) is 27.3 Å². The molecule has 1 unspecified atom stereocenters. The van der Waals surface area contributed by atoms with Crippen molar-refractivity contribution in [3.05, 3.63) is 27.1 Å². The van der Waals surface area contributed by atoms with Gasteiger partial charge in [-0.05, 0) is 16.0 Å². The number of carboxylic acids is 1. The van der Waals surface area contributed by atoms with E-state index in [-0.39, 0.29) is 41.5 Å². The molecule has 0 saturated carbocycles. The van der Waals surface area contributed by atoms with E-state index >= 15 is 0 Å². The second-order valence-corrected chi connectivity index (χ2v) is 9.84. The lowest BCUT2D eigenvalue weighted by Gasteiger charge is -2.49. The number of aliphatic carboxylic acids is 1.